The van der Waals surface area contributed by atoms with Crippen LogP contribution in [0.5, 0.6) is 0 Å². The van der Waals surface area contributed by atoms with E-state index < -0.39 is 0 Å². The van der Waals surface area contributed by atoms with Gasteiger partial charge in [0.2, 0.25) is 5.96 Å². The Morgan fingerprint density at radius 1 is 1.28 bits per heavy atom. The van der Waals surface area contributed by atoms with Crippen LogP contribution in [0.15, 0.2) is 29.3 Å². The van der Waals surface area contributed by atoms with Gasteiger partial charge in [-0.1, -0.05) is 25.3 Å². The van der Waals surface area contributed by atoms with Gasteiger partial charge in [-0.2, -0.15) is 0 Å². The Morgan fingerprint density at radius 2 is 2.06 bits per heavy atom. The highest BCUT2D eigenvalue weighted by atomic mass is 19.1. The molecule has 1 saturated carbocycles. The molecule has 0 atom stereocenters. The summed E-state index contributed by atoms with van der Waals surface area (Å²) >= 11 is 0. The van der Waals surface area contributed by atoms with E-state index in [-0.39, 0.29) is 5.82 Å². The van der Waals surface area contributed by atoms with Crippen molar-refractivity contribution < 1.29 is 4.39 Å². The lowest BCUT2D eigenvalue weighted by Crippen LogP contribution is -2.37. The van der Waals surface area contributed by atoms with E-state index in [0.717, 1.165) is 12.8 Å². The molecular formula is C13H19FN4. The molecule has 5 heteroatoms. The summed E-state index contributed by atoms with van der Waals surface area (Å²) in [5.41, 5.74) is 3.17. The van der Waals surface area contributed by atoms with E-state index >= 15 is 0 Å². The molecule has 1 fully saturated rings. The largest absolute Gasteiger partial charge is 0.325 e. The molecule has 0 aromatic heterocycles. The Labute approximate surface area is 106 Å². The third kappa shape index (κ3) is 3.70. The summed E-state index contributed by atoms with van der Waals surface area (Å²) in [7, 11) is 0. The maximum absolute atomic E-state index is 13.0. The summed E-state index contributed by atoms with van der Waals surface area (Å²) in [6.45, 7) is 0. The van der Waals surface area contributed by atoms with Gasteiger partial charge in [-0.15, -0.1) is 0 Å². The zero-order valence-corrected chi connectivity index (χ0v) is 10.3. The summed E-state index contributed by atoms with van der Waals surface area (Å²) in [5, 5.41) is 2.99. The molecule has 0 amide bonds. The quantitative estimate of drug-likeness (QED) is 0.327. The molecule has 0 saturated heterocycles. The second kappa shape index (κ2) is 6.35. The smallest absolute Gasteiger partial charge is 0.210 e. The normalized spacial score (nSPS) is 17.6. The van der Waals surface area contributed by atoms with Crippen LogP contribution in [-0.2, 0) is 0 Å². The average molecular weight is 250 g/mol. The molecule has 0 heterocycles. The van der Waals surface area contributed by atoms with Crippen molar-refractivity contribution in [2.45, 2.75) is 38.1 Å². The van der Waals surface area contributed by atoms with Gasteiger partial charge in [0.1, 0.15) is 5.82 Å². The van der Waals surface area contributed by atoms with Crippen LogP contribution >= 0.6 is 0 Å². The lowest BCUT2D eigenvalue weighted by atomic mass is 9.96. The fourth-order valence-electron chi connectivity index (χ4n) is 2.20. The standard InChI is InChI=1S/C13H19FN4/c14-10-5-4-8-12(9-10)17-13(18-15)16-11-6-2-1-3-7-11/h4-5,8-9,11H,1-3,6-7,15H2,(H2,16,17,18). The number of nitrogens with two attached hydrogens (primary N) is 1. The van der Waals surface area contributed by atoms with Crippen LogP contribution in [0.25, 0.3) is 0 Å². The first-order valence-electron chi connectivity index (χ1n) is 6.35. The number of nitrogens with zero attached hydrogens (tertiary/aromatic N) is 1. The third-order valence-corrected chi connectivity index (χ3v) is 3.11. The van der Waals surface area contributed by atoms with Gasteiger partial charge in [0.15, 0.2) is 0 Å². The Balaban J connectivity index is 2.01. The predicted molar refractivity (Wildman–Crippen MR) is 71.7 cm³/mol. The first kappa shape index (κ1) is 12.8. The summed E-state index contributed by atoms with van der Waals surface area (Å²) in [6.07, 6.45) is 5.90. The maximum Gasteiger partial charge on any atom is 0.210 e. The van der Waals surface area contributed by atoms with Crippen LogP contribution in [0.2, 0.25) is 0 Å². The van der Waals surface area contributed by atoms with E-state index in [9.17, 15) is 4.39 Å². The van der Waals surface area contributed by atoms with Gasteiger partial charge in [-0.25, -0.2) is 15.2 Å². The van der Waals surface area contributed by atoms with E-state index in [1.807, 2.05) is 0 Å². The molecule has 0 radical (unpaired) electrons. The van der Waals surface area contributed by atoms with Crippen molar-refractivity contribution in [1.29, 1.82) is 0 Å². The van der Waals surface area contributed by atoms with Crippen molar-refractivity contribution in [1.82, 2.24) is 5.43 Å². The van der Waals surface area contributed by atoms with Crippen molar-refractivity contribution in [3.8, 4) is 0 Å². The van der Waals surface area contributed by atoms with E-state index in [1.54, 1.807) is 12.1 Å². The van der Waals surface area contributed by atoms with Crippen LogP contribution in [0.1, 0.15) is 32.1 Å². The van der Waals surface area contributed by atoms with E-state index in [4.69, 9.17) is 5.84 Å². The van der Waals surface area contributed by atoms with Crippen LogP contribution in [0.4, 0.5) is 10.1 Å². The molecule has 4 N–H and O–H groups in total. The van der Waals surface area contributed by atoms with Gasteiger partial charge in [0.05, 0.1) is 6.04 Å². The molecule has 1 aromatic carbocycles. The second-order valence-corrected chi connectivity index (χ2v) is 4.55. The minimum atomic E-state index is -0.283. The van der Waals surface area contributed by atoms with Crippen molar-refractivity contribution in [2.24, 2.45) is 10.8 Å². The summed E-state index contributed by atoms with van der Waals surface area (Å²) in [4.78, 5) is 4.53. The van der Waals surface area contributed by atoms with E-state index in [1.165, 1.54) is 31.4 Å². The Morgan fingerprint density at radius 3 is 2.72 bits per heavy atom. The number of aliphatic imine (C=N–C) groups is 1. The average Bonchev–Trinajstić information content (AvgIpc) is 2.39. The monoisotopic (exact) mass is 250 g/mol. The Kier molecular flexibility index (Phi) is 4.52. The molecule has 0 aliphatic heterocycles. The first-order valence-corrected chi connectivity index (χ1v) is 6.35. The summed E-state index contributed by atoms with van der Waals surface area (Å²) < 4.78 is 13.0. The molecule has 0 bridgehead atoms. The topological polar surface area (TPSA) is 62.4 Å². The molecule has 1 aliphatic carbocycles. The molecule has 98 valence electrons. The number of hydrogen-bond donors (Lipinski definition) is 3. The van der Waals surface area contributed by atoms with Crippen LogP contribution < -0.4 is 16.6 Å². The lowest BCUT2D eigenvalue weighted by Gasteiger charge is -2.19. The van der Waals surface area contributed by atoms with Crippen molar-refractivity contribution in [3.05, 3.63) is 30.1 Å². The molecule has 0 unspecified atom stereocenters. The fourth-order valence-corrected chi connectivity index (χ4v) is 2.20. The van der Waals surface area contributed by atoms with Crippen molar-refractivity contribution in [3.63, 3.8) is 0 Å². The number of benzene rings is 1. The Bertz CT molecular complexity index is 413. The van der Waals surface area contributed by atoms with Crippen LogP contribution in [-0.4, -0.2) is 12.0 Å². The highest BCUT2D eigenvalue weighted by Crippen LogP contribution is 2.20. The highest BCUT2D eigenvalue weighted by Gasteiger charge is 2.13. The van der Waals surface area contributed by atoms with E-state index in [2.05, 4.69) is 15.7 Å². The minimum Gasteiger partial charge on any atom is -0.325 e. The summed E-state index contributed by atoms with van der Waals surface area (Å²) in [5.74, 6) is 5.65. The van der Waals surface area contributed by atoms with Gasteiger partial charge in [-0.3, -0.25) is 5.43 Å². The second-order valence-electron chi connectivity index (χ2n) is 4.55. The molecule has 0 spiro atoms. The zero-order chi connectivity index (χ0) is 12.8. The van der Waals surface area contributed by atoms with Crippen molar-refractivity contribution >= 4 is 11.6 Å². The minimum absolute atomic E-state index is 0.283. The number of hydrazine groups is 1. The van der Waals surface area contributed by atoms with Crippen molar-refractivity contribution in [2.75, 3.05) is 5.32 Å². The van der Waals surface area contributed by atoms with Crippen LogP contribution in [0, 0.1) is 5.82 Å². The van der Waals surface area contributed by atoms with Gasteiger partial charge < -0.3 is 5.32 Å². The number of anilines is 1. The SMILES string of the molecule is NNC(=NC1CCCCC1)Nc1cccc(F)c1. The molecule has 1 aliphatic rings. The number of nitrogens with one attached hydrogen (secondary N) is 2. The summed E-state index contributed by atoms with van der Waals surface area (Å²) in [6, 6.07) is 6.54. The lowest BCUT2D eigenvalue weighted by molar-refractivity contribution is 0.442. The van der Waals surface area contributed by atoms with Gasteiger partial charge in [0.25, 0.3) is 0 Å². The zero-order valence-electron chi connectivity index (χ0n) is 10.3. The number of hydrogen-bond acceptors (Lipinski definition) is 2. The van der Waals surface area contributed by atoms with Gasteiger partial charge in [0, 0.05) is 5.69 Å². The molecule has 4 nitrogen and oxygen atoms in total. The maximum atomic E-state index is 13.0. The van der Waals surface area contributed by atoms with Crippen LogP contribution in [0.3, 0.4) is 0 Å². The van der Waals surface area contributed by atoms with Gasteiger partial charge in [-0.05, 0) is 31.0 Å². The highest BCUT2D eigenvalue weighted by molar-refractivity contribution is 5.93. The molecular weight excluding hydrogens is 231 g/mol. The molecule has 1 aromatic rings. The number of guanidine groups is 1. The van der Waals surface area contributed by atoms with Gasteiger partial charge >= 0.3 is 0 Å². The fraction of sp³-hybridized carbons (Fsp3) is 0.462. The third-order valence-electron chi connectivity index (χ3n) is 3.11. The number of halogens is 1. The Hall–Kier alpha value is -1.62. The first-order chi connectivity index (χ1) is 8.78. The molecule has 18 heavy (non-hydrogen) atoms. The predicted octanol–water partition coefficient (Wildman–Crippen LogP) is 2.39. The molecule has 2 rings (SSSR count). The van der Waals surface area contributed by atoms with E-state index in [0.29, 0.717) is 17.7 Å². The number of rotatable bonds is 2.